The number of rotatable bonds is 8. The second-order valence-electron chi connectivity index (χ2n) is 4.36. The number of aliphatic carboxylic acids is 1. The van der Waals surface area contributed by atoms with Crippen LogP contribution in [0.5, 0.6) is 0 Å². The minimum absolute atomic E-state index is 0.0640. The van der Waals surface area contributed by atoms with E-state index >= 15 is 0 Å². The number of sulfonamides is 1. The lowest BCUT2D eigenvalue weighted by Crippen LogP contribution is -2.32. The zero-order valence-corrected chi connectivity index (χ0v) is 10.8. The van der Waals surface area contributed by atoms with E-state index in [0.717, 1.165) is 0 Å². The van der Waals surface area contributed by atoms with E-state index in [1.807, 2.05) is 13.8 Å². The molecule has 0 saturated carbocycles. The number of nitriles is 1. The van der Waals surface area contributed by atoms with Crippen LogP contribution in [0.4, 0.5) is 0 Å². The van der Waals surface area contributed by atoms with Crippen molar-refractivity contribution in [3.8, 4) is 6.07 Å². The number of hydrogen-bond donors (Lipinski definition) is 2. The Morgan fingerprint density at radius 2 is 2.06 bits per heavy atom. The molecule has 0 aliphatic heterocycles. The number of hydrogen-bond acceptors (Lipinski definition) is 4. The third-order valence-electron chi connectivity index (χ3n) is 2.11. The molecule has 0 spiro atoms. The average molecular weight is 262 g/mol. The molecule has 0 aliphatic carbocycles. The van der Waals surface area contributed by atoms with E-state index in [-0.39, 0.29) is 18.9 Å². The molecule has 0 heterocycles. The summed E-state index contributed by atoms with van der Waals surface area (Å²) in [5.41, 5.74) is 0. The highest BCUT2D eigenvalue weighted by atomic mass is 32.2. The number of nitrogens with one attached hydrogen (secondary N) is 1. The van der Waals surface area contributed by atoms with E-state index in [2.05, 4.69) is 4.72 Å². The van der Waals surface area contributed by atoms with Crippen molar-refractivity contribution in [3.63, 3.8) is 0 Å². The lowest BCUT2D eigenvalue weighted by Gasteiger charge is -2.17. The van der Waals surface area contributed by atoms with E-state index in [4.69, 9.17) is 10.4 Å². The van der Waals surface area contributed by atoms with Gasteiger partial charge in [0.2, 0.25) is 10.0 Å². The van der Waals surface area contributed by atoms with E-state index < -0.39 is 21.7 Å². The zero-order chi connectivity index (χ0) is 13.5. The Kier molecular flexibility index (Phi) is 6.76. The summed E-state index contributed by atoms with van der Waals surface area (Å²) in [5.74, 6) is -1.51. The summed E-state index contributed by atoms with van der Waals surface area (Å²) in [6.45, 7) is 3.95. The van der Waals surface area contributed by atoms with E-state index in [0.29, 0.717) is 12.3 Å². The summed E-state index contributed by atoms with van der Waals surface area (Å²) < 4.78 is 24.7. The van der Waals surface area contributed by atoms with Gasteiger partial charge in [0.15, 0.2) is 5.75 Å². The van der Waals surface area contributed by atoms with Gasteiger partial charge >= 0.3 is 5.97 Å². The molecule has 0 saturated heterocycles. The molecule has 6 nitrogen and oxygen atoms in total. The van der Waals surface area contributed by atoms with Gasteiger partial charge in [0.05, 0.1) is 6.07 Å². The maximum absolute atomic E-state index is 11.2. The van der Waals surface area contributed by atoms with Crippen LogP contribution in [0.15, 0.2) is 0 Å². The average Bonchev–Trinajstić information content (AvgIpc) is 2.12. The lowest BCUT2D eigenvalue weighted by atomic mass is 9.94. The topological polar surface area (TPSA) is 107 Å². The van der Waals surface area contributed by atoms with Gasteiger partial charge in [-0.3, -0.25) is 4.79 Å². The molecule has 0 aromatic rings. The number of carboxylic acids is 1. The number of nitrogens with zero attached hydrogens (tertiary/aromatic N) is 1. The maximum Gasteiger partial charge on any atom is 0.303 e. The van der Waals surface area contributed by atoms with Gasteiger partial charge in [0.1, 0.15) is 0 Å². The normalized spacial score (nSPS) is 13.3. The van der Waals surface area contributed by atoms with Gasteiger partial charge in [-0.05, 0) is 18.3 Å². The molecule has 98 valence electrons. The quantitative estimate of drug-likeness (QED) is 0.664. The van der Waals surface area contributed by atoms with Crippen molar-refractivity contribution in [3.05, 3.63) is 0 Å². The van der Waals surface area contributed by atoms with Crippen LogP contribution in [0.1, 0.15) is 26.7 Å². The smallest absolute Gasteiger partial charge is 0.303 e. The van der Waals surface area contributed by atoms with Crippen LogP contribution in [-0.4, -0.2) is 31.8 Å². The molecule has 1 atom stereocenters. The summed E-state index contributed by atoms with van der Waals surface area (Å²) in [4.78, 5) is 10.6. The van der Waals surface area contributed by atoms with Gasteiger partial charge in [0.25, 0.3) is 0 Å². The summed E-state index contributed by atoms with van der Waals surface area (Å²) in [7, 11) is -3.60. The van der Waals surface area contributed by atoms with Crippen LogP contribution in [-0.2, 0) is 14.8 Å². The van der Waals surface area contributed by atoms with Crippen LogP contribution in [0.3, 0.4) is 0 Å². The van der Waals surface area contributed by atoms with Gasteiger partial charge in [-0.15, -0.1) is 0 Å². The monoisotopic (exact) mass is 262 g/mol. The molecular formula is C10H18N2O4S. The fourth-order valence-electron chi connectivity index (χ4n) is 1.53. The molecule has 0 fully saturated rings. The molecule has 0 bridgehead atoms. The van der Waals surface area contributed by atoms with Crippen LogP contribution < -0.4 is 4.72 Å². The standard InChI is InChI=1S/C10H18N2O4S/c1-8(2)5-9(6-10(13)14)7-12-17(15,16)4-3-11/h8-9,12H,4-7H2,1-2H3,(H,13,14)/t9-/m0/s1. The van der Waals surface area contributed by atoms with Gasteiger partial charge in [-0.2, -0.15) is 5.26 Å². The second-order valence-corrected chi connectivity index (χ2v) is 6.17. The Bertz CT molecular complexity index is 384. The molecule has 0 aromatic heterocycles. The Morgan fingerprint density at radius 3 is 2.47 bits per heavy atom. The minimum Gasteiger partial charge on any atom is -0.481 e. The van der Waals surface area contributed by atoms with Gasteiger partial charge < -0.3 is 5.11 Å². The fourth-order valence-corrected chi connectivity index (χ4v) is 2.29. The second kappa shape index (κ2) is 7.25. The van der Waals surface area contributed by atoms with Crippen LogP contribution in [0.2, 0.25) is 0 Å². The molecule has 0 radical (unpaired) electrons. The van der Waals surface area contributed by atoms with Crippen molar-refractivity contribution < 1.29 is 18.3 Å². The van der Waals surface area contributed by atoms with Gasteiger partial charge in [-0.25, -0.2) is 13.1 Å². The predicted octanol–water partition coefficient (Wildman–Crippen LogP) is 0.566. The first-order valence-corrected chi connectivity index (χ1v) is 6.98. The fraction of sp³-hybridized carbons (Fsp3) is 0.800. The molecule has 0 unspecified atom stereocenters. The Balaban J connectivity index is 4.35. The first kappa shape index (κ1) is 15.9. The number of carbonyl (C=O) groups is 1. The van der Waals surface area contributed by atoms with Gasteiger partial charge in [-0.1, -0.05) is 13.8 Å². The molecule has 17 heavy (non-hydrogen) atoms. The highest BCUT2D eigenvalue weighted by molar-refractivity contribution is 7.89. The first-order valence-electron chi connectivity index (χ1n) is 5.33. The minimum atomic E-state index is -3.60. The first-order chi connectivity index (χ1) is 7.76. The van der Waals surface area contributed by atoms with E-state index in [1.165, 1.54) is 0 Å². The maximum atomic E-state index is 11.2. The van der Waals surface area contributed by atoms with Crippen molar-refractivity contribution in [1.82, 2.24) is 4.72 Å². The third kappa shape index (κ3) is 8.65. The summed E-state index contributed by atoms with van der Waals surface area (Å²) in [5, 5.41) is 17.0. The molecule has 2 N–H and O–H groups in total. The van der Waals surface area contributed by atoms with Crippen LogP contribution >= 0.6 is 0 Å². The highest BCUT2D eigenvalue weighted by Crippen LogP contribution is 2.15. The van der Waals surface area contributed by atoms with Crippen molar-refractivity contribution >= 4 is 16.0 Å². The summed E-state index contributed by atoms with van der Waals surface area (Å²) in [6, 6.07) is 1.55. The third-order valence-corrected chi connectivity index (χ3v) is 3.23. The molecular weight excluding hydrogens is 244 g/mol. The van der Waals surface area contributed by atoms with Crippen molar-refractivity contribution in [2.75, 3.05) is 12.3 Å². The van der Waals surface area contributed by atoms with Crippen LogP contribution in [0.25, 0.3) is 0 Å². The Morgan fingerprint density at radius 1 is 1.47 bits per heavy atom. The molecule has 0 aliphatic rings. The van der Waals surface area contributed by atoms with Gasteiger partial charge in [0, 0.05) is 13.0 Å². The van der Waals surface area contributed by atoms with Crippen LogP contribution in [0, 0.1) is 23.2 Å². The SMILES string of the molecule is CC(C)C[C@H](CNS(=O)(=O)CC#N)CC(=O)O. The van der Waals surface area contributed by atoms with E-state index in [9.17, 15) is 13.2 Å². The van der Waals surface area contributed by atoms with Crippen molar-refractivity contribution in [2.24, 2.45) is 11.8 Å². The summed E-state index contributed by atoms with van der Waals surface area (Å²) in [6.07, 6.45) is 0.550. The molecule has 0 aromatic carbocycles. The van der Waals surface area contributed by atoms with Crippen molar-refractivity contribution in [1.29, 1.82) is 5.26 Å². The lowest BCUT2D eigenvalue weighted by molar-refractivity contribution is -0.138. The molecule has 0 rings (SSSR count). The molecule has 0 amide bonds. The zero-order valence-electron chi connectivity index (χ0n) is 10.0. The van der Waals surface area contributed by atoms with Crippen molar-refractivity contribution in [2.45, 2.75) is 26.7 Å². The largest absolute Gasteiger partial charge is 0.481 e. The Labute approximate surface area is 102 Å². The highest BCUT2D eigenvalue weighted by Gasteiger charge is 2.18. The van der Waals surface area contributed by atoms with E-state index in [1.54, 1.807) is 6.07 Å². The molecule has 7 heteroatoms. The summed E-state index contributed by atoms with van der Waals surface area (Å²) >= 11 is 0. The number of carboxylic acid groups (broad SMARTS) is 1. The predicted molar refractivity (Wildman–Crippen MR) is 62.6 cm³/mol. The Hall–Kier alpha value is -1.13.